The minimum atomic E-state index is -0.975. The van der Waals surface area contributed by atoms with E-state index in [-0.39, 0.29) is 5.56 Å². The van der Waals surface area contributed by atoms with Crippen LogP contribution in [0, 0.1) is 11.6 Å². The van der Waals surface area contributed by atoms with Gasteiger partial charge < -0.3 is 9.67 Å². The summed E-state index contributed by atoms with van der Waals surface area (Å²) in [7, 11) is 0. The van der Waals surface area contributed by atoms with Crippen LogP contribution in [-0.2, 0) is 13.1 Å². The SMILES string of the molecule is O[C@H](CN1CCn2ccnc2C1)c1ccc(F)cc1F. The van der Waals surface area contributed by atoms with Gasteiger partial charge in [-0.1, -0.05) is 6.07 Å². The van der Waals surface area contributed by atoms with Crippen LogP contribution in [0.2, 0.25) is 0 Å². The number of β-amino-alcohol motifs (C(OH)–C–C–N with tert-alkyl or cyclic N) is 1. The molecule has 1 aromatic carbocycles. The molecule has 0 spiro atoms. The van der Waals surface area contributed by atoms with Crippen molar-refractivity contribution in [2.45, 2.75) is 19.2 Å². The van der Waals surface area contributed by atoms with Crippen molar-refractivity contribution in [3.05, 3.63) is 53.6 Å². The third-order valence-corrected chi connectivity index (χ3v) is 3.58. The quantitative estimate of drug-likeness (QED) is 0.930. The van der Waals surface area contributed by atoms with Crippen molar-refractivity contribution in [1.82, 2.24) is 14.5 Å². The lowest BCUT2D eigenvalue weighted by molar-refractivity contribution is 0.0936. The van der Waals surface area contributed by atoms with Gasteiger partial charge >= 0.3 is 0 Å². The summed E-state index contributed by atoms with van der Waals surface area (Å²) in [6, 6.07) is 3.24. The van der Waals surface area contributed by atoms with Crippen molar-refractivity contribution < 1.29 is 13.9 Å². The summed E-state index contributed by atoms with van der Waals surface area (Å²) < 4.78 is 28.5. The van der Waals surface area contributed by atoms with Crippen LogP contribution in [0.25, 0.3) is 0 Å². The Morgan fingerprint density at radius 3 is 2.95 bits per heavy atom. The normalized spacial score (nSPS) is 16.9. The van der Waals surface area contributed by atoms with Crippen LogP contribution in [-0.4, -0.2) is 32.6 Å². The van der Waals surface area contributed by atoms with E-state index >= 15 is 0 Å². The van der Waals surface area contributed by atoms with Gasteiger partial charge in [0.05, 0.1) is 12.6 Å². The van der Waals surface area contributed by atoms with Crippen LogP contribution in [0.5, 0.6) is 0 Å². The molecule has 0 bridgehead atoms. The fourth-order valence-electron chi connectivity index (χ4n) is 2.49. The summed E-state index contributed by atoms with van der Waals surface area (Å²) in [6.45, 7) is 2.49. The van der Waals surface area contributed by atoms with Crippen molar-refractivity contribution in [2.75, 3.05) is 13.1 Å². The molecule has 0 unspecified atom stereocenters. The summed E-state index contributed by atoms with van der Waals surface area (Å²) in [5.41, 5.74) is 0.125. The second kappa shape index (κ2) is 5.30. The maximum absolute atomic E-state index is 13.6. The number of hydrogen-bond acceptors (Lipinski definition) is 3. The Kier molecular flexibility index (Phi) is 3.50. The third-order valence-electron chi connectivity index (χ3n) is 3.58. The highest BCUT2D eigenvalue weighted by atomic mass is 19.1. The molecule has 1 aliphatic rings. The van der Waals surface area contributed by atoms with Gasteiger partial charge in [0.15, 0.2) is 0 Å². The summed E-state index contributed by atoms with van der Waals surface area (Å²) in [5, 5.41) is 10.1. The van der Waals surface area contributed by atoms with E-state index in [9.17, 15) is 13.9 Å². The maximum Gasteiger partial charge on any atom is 0.131 e. The van der Waals surface area contributed by atoms with E-state index in [2.05, 4.69) is 9.55 Å². The van der Waals surface area contributed by atoms with Gasteiger partial charge in [0.1, 0.15) is 17.5 Å². The molecule has 1 aliphatic heterocycles. The fraction of sp³-hybridized carbons (Fsp3) is 0.357. The first-order valence-corrected chi connectivity index (χ1v) is 6.49. The standard InChI is InChI=1S/C14H15F2N3O/c15-10-1-2-11(12(16)7-10)13(20)8-18-5-6-19-4-3-17-14(19)9-18/h1-4,7,13,20H,5-6,8-9H2/t13-/m1/s1. The van der Waals surface area contributed by atoms with E-state index in [1.165, 1.54) is 6.07 Å². The minimum absolute atomic E-state index is 0.125. The molecule has 1 N–H and O–H groups in total. The van der Waals surface area contributed by atoms with Crippen LogP contribution in [0.15, 0.2) is 30.6 Å². The summed E-state index contributed by atoms with van der Waals surface area (Å²) in [4.78, 5) is 6.24. The highest BCUT2D eigenvalue weighted by molar-refractivity contribution is 5.21. The Bertz CT molecular complexity index is 614. The first-order valence-electron chi connectivity index (χ1n) is 6.49. The monoisotopic (exact) mass is 279 g/mol. The minimum Gasteiger partial charge on any atom is -0.387 e. The van der Waals surface area contributed by atoms with E-state index in [1.54, 1.807) is 6.20 Å². The largest absolute Gasteiger partial charge is 0.387 e. The van der Waals surface area contributed by atoms with Crippen molar-refractivity contribution in [3.63, 3.8) is 0 Å². The Labute approximate surface area is 115 Å². The molecule has 2 aromatic rings. The van der Waals surface area contributed by atoms with Crippen molar-refractivity contribution in [1.29, 1.82) is 0 Å². The van der Waals surface area contributed by atoms with Crippen LogP contribution in [0.4, 0.5) is 8.78 Å². The smallest absolute Gasteiger partial charge is 0.131 e. The lowest BCUT2D eigenvalue weighted by atomic mass is 10.1. The molecule has 6 heteroatoms. The first-order chi connectivity index (χ1) is 9.63. The zero-order valence-electron chi connectivity index (χ0n) is 10.8. The Balaban J connectivity index is 1.69. The molecule has 0 saturated carbocycles. The molecule has 106 valence electrons. The second-order valence-electron chi connectivity index (χ2n) is 4.95. The summed E-state index contributed by atoms with van der Waals surface area (Å²) in [5.74, 6) is -0.419. The molecule has 4 nitrogen and oxygen atoms in total. The van der Waals surface area contributed by atoms with Gasteiger partial charge in [0.2, 0.25) is 0 Å². The molecule has 1 atom stereocenters. The number of aliphatic hydroxyl groups is 1. The molecule has 20 heavy (non-hydrogen) atoms. The number of fused-ring (bicyclic) bond motifs is 1. The maximum atomic E-state index is 13.6. The van der Waals surface area contributed by atoms with Crippen molar-refractivity contribution in [2.24, 2.45) is 0 Å². The van der Waals surface area contributed by atoms with E-state index in [0.717, 1.165) is 31.0 Å². The summed E-state index contributed by atoms with van der Waals surface area (Å²) in [6.07, 6.45) is 2.69. The number of aromatic nitrogens is 2. The second-order valence-corrected chi connectivity index (χ2v) is 4.95. The average molecular weight is 279 g/mol. The van der Waals surface area contributed by atoms with E-state index < -0.39 is 17.7 Å². The molecular weight excluding hydrogens is 264 g/mol. The predicted molar refractivity (Wildman–Crippen MR) is 68.8 cm³/mol. The molecule has 0 saturated heterocycles. The van der Waals surface area contributed by atoms with Gasteiger partial charge in [-0.2, -0.15) is 0 Å². The number of halogens is 2. The molecule has 1 aromatic heterocycles. The van der Waals surface area contributed by atoms with E-state index in [1.807, 2.05) is 11.1 Å². The molecule has 0 aliphatic carbocycles. The van der Waals surface area contributed by atoms with Crippen LogP contribution < -0.4 is 0 Å². The zero-order valence-corrected chi connectivity index (χ0v) is 10.8. The number of imidazole rings is 1. The molecule has 0 radical (unpaired) electrons. The Morgan fingerprint density at radius 2 is 2.15 bits per heavy atom. The molecule has 0 fully saturated rings. The first kappa shape index (κ1) is 13.2. The highest BCUT2D eigenvalue weighted by Crippen LogP contribution is 2.21. The van der Waals surface area contributed by atoms with Gasteiger partial charge in [-0.3, -0.25) is 4.90 Å². The lowest BCUT2D eigenvalue weighted by Gasteiger charge is -2.29. The lowest BCUT2D eigenvalue weighted by Crippen LogP contribution is -2.36. The summed E-state index contributed by atoms with van der Waals surface area (Å²) >= 11 is 0. The van der Waals surface area contributed by atoms with Crippen LogP contribution in [0.1, 0.15) is 17.5 Å². The Hall–Kier alpha value is -1.79. The molecule has 0 amide bonds. The zero-order chi connectivity index (χ0) is 14.1. The third kappa shape index (κ3) is 2.57. The molecular formula is C14H15F2N3O. The fourth-order valence-corrected chi connectivity index (χ4v) is 2.49. The van der Waals surface area contributed by atoms with Gasteiger partial charge in [-0.25, -0.2) is 13.8 Å². The predicted octanol–water partition coefficient (Wildman–Crippen LogP) is 1.71. The van der Waals surface area contributed by atoms with E-state index in [4.69, 9.17) is 0 Å². The Morgan fingerprint density at radius 1 is 1.30 bits per heavy atom. The molecule has 3 rings (SSSR count). The van der Waals surface area contributed by atoms with Gasteiger partial charge in [-0.05, 0) is 6.07 Å². The van der Waals surface area contributed by atoms with Crippen molar-refractivity contribution >= 4 is 0 Å². The van der Waals surface area contributed by atoms with Gasteiger partial charge in [0.25, 0.3) is 0 Å². The van der Waals surface area contributed by atoms with Crippen LogP contribution >= 0.6 is 0 Å². The number of hydrogen-bond donors (Lipinski definition) is 1. The average Bonchev–Trinajstić information content (AvgIpc) is 2.85. The van der Waals surface area contributed by atoms with Crippen LogP contribution in [0.3, 0.4) is 0 Å². The topological polar surface area (TPSA) is 41.3 Å². The number of rotatable bonds is 3. The number of benzene rings is 1. The van der Waals surface area contributed by atoms with Gasteiger partial charge in [0, 0.05) is 43.7 Å². The number of aliphatic hydroxyl groups excluding tert-OH is 1. The number of nitrogens with zero attached hydrogens (tertiary/aromatic N) is 3. The molecule has 2 heterocycles. The highest BCUT2D eigenvalue weighted by Gasteiger charge is 2.21. The van der Waals surface area contributed by atoms with Gasteiger partial charge in [-0.15, -0.1) is 0 Å². The van der Waals surface area contributed by atoms with Crippen molar-refractivity contribution in [3.8, 4) is 0 Å². The van der Waals surface area contributed by atoms with E-state index in [0.29, 0.717) is 13.1 Å².